The number of hydrogen-bond acceptors (Lipinski definition) is 5. The van der Waals surface area contributed by atoms with E-state index in [9.17, 15) is 0 Å². The second kappa shape index (κ2) is 3.65. The summed E-state index contributed by atoms with van der Waals surface area (Å²) in [6, 6.07) is 3.45. The number of rotatable bonds is 2. The smallest absolute Gasteiger partial charge is 0.153 e. The third kappa shape index (κ3) is 1.50. The summed E-state index contributed by atoms with van der Waals surface area (Å²) in [7, 11) is 0. The molecule has 8 N–H and O–H groups in total. The van der Waals surface area contributed by atoms with E-state index in [1.54, 1.807) is 22.9 Å². The molecule has 0 saturated heterocycles. The Bertz CT molecular complexity index is 554. The van der Waals surface area contributed by atoms with Crippen LogP contribution in [-0.2, 0) is 6.54 Å². The predicted molar refractivity (Wildman–Crippen MR) is 66.3 cm³/mol. The summed E-state index contributed by atoms with van der Waals surface area (Å²) >= 11 is 0. The monoisotopic (exact) mass is 218 g/mol. The fraction of sp³-hybridized carbons (Fsp3) is 0.100. The van der Waals surface area contributed by atoms with Gasteiger partial charge in [-0.15, -0.1) is 0 Å². The maximum Gasteiger partial charge on any atom is 0.153 e. The lowest BCUT2D eigenvalue weighted by atomic mass is 10.2. The van der Waals surface area contributed by atoms with Gasteiger partial charge in [-0.05, 0) is 24.4 Å². The molecule has 0 atom stereocenters. The highest BCUT2D eigenvalue weighted by Crippen LogP contribution is 2.28. The van der Waals surface area contributed by atoms with Crippen LogP contribution in [0.1, 0.15) is 0 Å². The molecule has 0 spiro atoms. The van der Waals surface area contributed by atoms with E-state index in [1.165, 1.54) is 6.20 Å². The third-order valence-electron chi connectivity index (χ3n) is 2.34. The largest absolute Gasteiger partial charge is 0.405 e. The topological polar surface area (TPSA) is 122 Å². The fourth-order valence-electron chi connectivity index (χ4n) is 1.69. The summed E-state index contributed by atoms with van der Waals surface area (Å²) in [5.74, 6) is 0.416. The van der Waals surface area contributed by atoms with Crippen molar-refractivity contribution in [2.24, 2.45) is 5.73 Å². The Hall–Kier alpha value is -2.37. The average Bonchev–Trinajstić information content (AvgIpc) is 2.53. The normalized spacial score (nSPS) is 11.5. The molecule has 0 aliphatic rings. The lowest BCUT2D eigenvalue weighted by Gasteiger charge is -2.03. The quantitative estimate of drug-likeness (QED) is 0.538. The summed E-state index contributed by atoms with van der Waals surface area (Å²) in [5.41, 5.74) is 24.6. The van der Waals surface area contributed by atoms with Gasteiger partial charge in [-0.1, -0.05) is 0 Å². The van der Waals surface area contributed by atoms with Crippen LogP contribution in [0, 0.1) is 0 Å². The number of nitrogen functional groups attached to an aromatic ring is 3. The number of nitrogens with two attached hydrogens (primary N) is 4. The maximum atomic E-state index is 5.89. The van der Waals surface area contributed by atoms with Gasteiger partial charge in [0.15, 0.2) is 5.82 Å². The standard InChI is InChI=1S/C10H14N6/c11-2-1-3-16-9-7(10(14)15-16)4-6(12)5-8(9)13/h1-2,4-5H,3,11-13H2,(H2,14,15). The molecular formula is C10H14N6. The predicted octanol–water partition coefficient (Wildman–Crippen LogP) is 0.255. The Morgan fingerprint density at radius 1 is 1.25 bits per heavy atom. The maximum absolute atomic E-state index is 5.89. The number of allylic oxidation sites excluding steroid dienone is 1. The molecule has 16 heavy (non-hydrogen) atoms. The molecule has 0 unspecified atom stereocenters. The molecule has 0 saturated carbocycles. The van der Waals surface area contributed by atoms with E-state index < -0.39 is 0 Å². The Morgan fingerprint density at radius 2 is 2.00 bits per heavy atom. The van der Waals surface area contributed by atoms with Crippen LogP contribution in [0.3, 0.4) is 0 Å². The van der Waals surface area contributed by atoms with Crippen LogP contribution in [0.15, 0.2) is 24.4 Å². The summed E-state index contributed by atoms with van der Waals surface area (Å²) in [6.07, 6.45) is 3.22. The van der Waals surface area contributed by atoms with Crippen molar-refractivity contribution in [2.75, 3.05) is 17.2 Å². The molecule has 2 aromatic rings. The first-order valence-corrected chi connectivity index (χ1v) is 4.81. The minimum Gasteiger partial charge on any atom is -0.405 e. The number of fused-ring (bicyclic) bond motifs is 1. The van der Waals surface area contributed by atoms with E-state index in [-0.39, 0.29) is 0 Å². The molecule has 0 aliphatic carbocycles. The summed E-state index contributed by atoms with van der Waals surface area (Å²) < 4.78 is 1.70. The summed E-state index contributed by atoms with van der Waals surface area (Å²) in [4.78, 5) is 0. The van der Waals surface area contributed by atoms with Gasteiger partial charge in [0.1, 0.15) is 0 Å². The van der Waals surface area contributed by atoms with Crippen LogP contribution in [0.25, 0.3) is 10.9 Å². The van der Waals surface area contributed by atoms with Gasteiger partial charge in [0.25, 0.3) is 0 Å². The second-order valence-electron chi connectivity index (χ2n) is 3.50. The molecule has 6 nitrogen and oxygen atoms in total. The Labute approximate surface area is 92.5 Å². The number of hydrogen-bond donors (Lipinski definition) is 4. The van der Waals surface area contributed by atoms with Gasteiger partial charge in [0, 0.05) is 11.1 Å². The lowest BCUT2D eigenvalue weighted by molar-refractivity contribution is 0.732. The first-order chi connectivity index (χ1) is 7.63. The van der Waals surface area contributed by atoms with Gasteiger partial charge in [-0.25, -0.2) is 0 Å². The van der Waals surface area contributed by atoms with Crippen molar-refractivity contribution in [3.05, 3.63) is 24.4 Å². The highest BCUT2D eigenvalue weighted by atomic mass is 15.3. The Kier molecular flexibility index (Phi) is 2.32. The van der Waals surface area contributed by atoms with Crippen LogP contribution in [0.4, 0.5) is 17.2 Å². The van der Waals surface area contributed by atoms with Crippen molar-refractivity contribution in [1.82, 2.24) is 9.78 Å². The van der Waals surface area contributed by atoms with Gasteiger partial charge >= 0.3 is 0 Å². The van der Waals surface area contributed by atoms with Crippen molar-refractivity contribution in [2.45, 2.75) is 6.54 Å². The zero-order valence-electron chi connectivity index (χ0n) is 8.72. The Morgan fingerprint density at radius 3 is 2.69 bits per heavy atom. The van der Waals surface area contributed by atoms with E-state index in [2.05, 4.69) is 5.10 Å². The van der Waals surface area contributed by atoms with Crippen molar-refractivity contribution in [1.29, 1.82) is 0 Å². The minimum absolute atomic E-state index is 0.416. The van der Waals surface area contributed by atoms with E-state index >= 15 is 0 Å². The van der Waals surface area contributed by atoms with Crippen molar-refractivity contribution >= 4 is 28.1 Å². The number of anilines is 3. The average molecular weight is 218 g/mol. The SMILES string of the molecule is NC=CCn1nc(N)c2cc(N)cc(N)c21. The summed E-state index contributed by atoms with van der Waals surface area (Å²) in [5, 5.41) is 4.95. The highest BCUT2D eigenvalue weighted by molar-refractivity contribution is 5.99. The van der Waals surface area contributed by atoms with Gasteiger partial charge < -0.3 is 22.9 Å². The summed E-state index contributed by atoms with van der Waals surface area (Å²) in [6.45, 7) is 0.526. The molecular weight excluding hydrogens is 204 g/mol. The van der Waals surface area contributed by atoms with Crippen molar-refractivity contribution in [3.63, 3.8) is 0 Å². The van der Waals surface area contributed by atoms with E-state index in [0.29, 0.717) is 23.7 Å². The van der Waals surface area contributed by atoms with Crippen LogP contribution in [-0.4, -0.2) is 9.78 Å². The molecule has 0 bridgehead atoms. The zero-order valence-corrected chi connectivity index (χ0v) is 8.72. The molecule has 1 heterocycles. The molecule has 6 heteroatoms. The molecule has 0 radical (unpaired) electrons. The molecule has 2 rings (SSSR count). The molecule has 0 aliphatic heterocycles. The first-order valence-electron chi connectivity index (χ1n) is 4.81. The minimum atomic E-state index is 0.416. The second-order valence-corrected chi connectivity index (χ2v) is 3.50. The van der Waals surface area contributed by atoms with E-state index in [4.69, 9.17) is 22.9 Å². The molecule has 1 aromatic carbocycles. The zero-order chi connectivity index (χ0) is 11.7. The molecule has 1 aromatic heterocycles. The van der Waals surface area contributed by atoms with Crippen LogP contribution >= 0.6 is 0 Å². The fourth-order valence-corrected chi connectivity index (χ4v) is 1.69. The van der Waals surface area contributed by atoms with Crippen molar-refractivity contribution in [3.8, 4) is 0 Å². The van der Waals surface area contributed by atoms with Gasteiger partial charge in [-0.2, -0.15) is 5.10 Å². The Balaban J connectivity index is 2.68. The molecule has 0 amide bonds. The highest BCUT2D eigenvalue weighted by Gasteiger charge is 2.10. The van der Waals surface area contributed by atoms with Crippen molar-refractivity contribution < 1.29 is 0 Å². The number of aromatic nitrogens is 2. The van der Waals surface area contributed by atoms with E-state index in [0.717, 1.165) is 10.9 Å². The molecule has 84 valence electrons. The van der Waals surface area contributed by atoms with Gasteiger partial charge in [0.2, 0.25) is 0 Å². The van der Waals surface area contributed by atoms with Crippen LogP contribution in [0.5, 0.6) is 0 Å². The van der Waals surface area contributed by atoms with Crippen LogP contribution in [0.2, 0.25) is 0 Å². The van der Waals surface area contributed by atoms with Crippen LogP contribution < -0.4 is 22.9 Å². The van der Waals surface area contributed by atoms with E-state index in [1.807, 2.05) is 0 Å². The van der Waals surface area contributed by atoms with Gasteiger partial charge in [-0.3, -0.25) is 4.68 Å². The van der Waals surface area contributed by atoms with Gasteiger partial charge in [0.05, 0.1) is 17.7 Å². The molecule has 0 fully saturated rings. The third-order valence-corrected chi connectivity index (χ3v) is 2.34. The first kappa shape index (κ1) is 10.2. The number of nitrogens with zero attached hydrogens (tertiary/aromatic N) is 2. The number of benzene rings is 1. The lowest BCUT2D eigenvalue weighted by Crippen LogP contribution is -2.01.